The van der Waals surface area contributed by atoms with Gasteiger partial charge in [-0.25, -0.2) is 0 Å². The van der Waals surface area contributed by atoms with E-state index >= 15 is 0 Å². The van der Waals surface area contributed by atoms with Crippen LogP contribution in [0.4, 0.5) is 0 Å². The lowest BCUT2D eigenvalue weighted by Crippen LogP contribution is -2.60. The zero-order chi connectivity index (χ0) is 21.9. The van der Waals surface area contributed by atoms with Crippen molar-refractivity contribution in [2.75, 3.05) is 0 Å². The van der Waals surface area contributed by atoms with Crippen LogP contribution in [0.2, 0.25) is 0 Å². The summed E-state index contributed by atoms with van der Waals surface area (Å²) in [6, 6.07) is 0. The van der Waals surface area contributed by atoms with Crippen molar-refractivity contribution in [2.24, 2.45) is 45.8 Å². The molecule has 0 aromatic rings. The van der Waals surface area contributed by atoms with Gasteiger partial charge in [0, 0.05) is 0 Å². The molecule has 2 nitrogen and oxygen atoms in total. The quantitative estimate of drug-likeness (QED) is 0.506. The van der Waals surface area contributed by atoms with Gasteiger partial charge in [0.1, 0.15) is 0 Å². The molecule has 4 aliphatic carbocycles. The van der Waals surface area contributed by atoms with E-state index in [-0.39, 0.29) is 6.10 Å². The second-order valence-electron chi connectivity index (χ2n) is 13.3. The van der Waals surface area contributed by atoms with Crippen molar-refractivity contribution in [2.45, 2.75) is 130 Å². The first kappa shape index (κ1) is 23.1. The highest BCUT2D eigenvalue weighted by molar-refractivity contribution is 5.15. The summed E-state index contributed by atoms with van der Waals surface area (Å²) in [5, 5.41) is 20.9. The van der Waals surface area contributed by atoms with Gasteiger partial charge >= 0.3 is 0 Å². The van der Waals surface area contributed by atoms with Crippen molar-refractivity contribution >= 4 is 0 Å². The molecule has 0 amide bonds. The van der Waals surface area contributed by atoms with Crippen molar-refractivity contribution in [3.05, 3.63) is 0 Å². The Hall–Kier alpha value is -0.0800. The van der Waals surface area contributed by atoms with Crippen molar-refractivity contribution in [3.8, 4) is 0 Å². The fourth-order valence-electron chi connectivity index (χ4n) is 10.0. The average Bonchev–Trinajstić information content (AvgIpc) is 3.05. The summed E-state index contributed by atoms with van der Waals surface area (Å²) in [6.07, 6.45) is 14.6. The molecule has 4 rings (SSSR count). The predicted octanol–water partition coefficient (Wildman–Crippen LogP) is 6.97. The van der Waals surface area contributed by atoms with Crippen LogP contribution in [0.25, 0.3) is 0 Å². The van der Waals surface area contributed by atoms with Gasteiger partial charge in [-0.1, -0.05) is 34.6 Å². The Morgan fingerprint density at radius 2 is 1.47 bits per heavy atom. The van der Waals surface area contributed by atoms with Gasteiger partial charge in [-0.05, 0) is 130 Å². The summed E-state index contributed by atoms with van der Waals surface area (Å²) in [5.74, 6) is 4.00. The molecule has 4 aliphatic rings. The molecule has 0 spiro atoms. The number of hydrogen-bond acceptors (Lipinski definition) is 2. The molecule has 0 saturated heterocycles. The maximum absolute atomic E-state index is 11.1. The van der Waals surface area contributed by atoms with Crippen LogP contribution >= 0.6 is 0 Å². The molecule has 2 heteroatoms. The summed E-state index contributed by atoms with van der Waals surface area (Å²) in [4.78, 5) is 0. The van der Waals surface area contributed by atoms with Crippen LogP contribution in [0.15, 0.2) is 0 Å². The number of hydrogen-bond donors (Lipinski definition) is 2. The van der Waals surface area contributed by atoms with Gasteiger partial charge in [0.15, 0.2) is 0 Å². The second-order valence-corrected chi connectivity index (χ2v) is 13.3. The summed E-state index contributed by atoms with van der Waals surface area (Å²) in [5.41, 5.74) is 1.02. The van der Waals surface area contributed by atoms with Crippen molar-refractivity contribution in [1.29, 1.82) is 0 Å². The summed E-state index contributed by atoms with van der Waals surface area (Å²) in [7, 11) is 0. The Morgan fingerprint density at radius 1 is 0.800 bits per heavy atom. The normalized spacial score (nSPS) is 52.8. The van der Waals surface area contributed by atoms with Crippen molar-refractivity contribution in [1.82, 2.24) is 0 Å². The van der Waals surface area contributed by atoms with Crippen LogP contribution < -0.4 is 0 Å². The molecule has 4 fully saturated rings. The zero-order valence-corrected chi connectivity index (χ0v) is 20.8. The Kier molecular flexibility index (Phi) is 5.97. The molecule has 1 unspecified atom stereocenters. The SMILES string of the molecule is CC[C@]1(O)CC[C@@]2(C)[C@@H](CC[C@]3(C)[C@@H]2CC[C@@]2(C)[C@H]3CC[C@@H]2[C@H](C)CCC(C)O)C1. The van der Waals surface area contributed by atoms with Gasteiger partial charge in [0.05, 0.1) is 11.7 Å². The van der Waals surface area contributed by atoms with Gasteiger partial charge in [-0.15, -0.1) is 0 Å². The predicted molar refractivity (Wildman–Crippen MR) is 125 cm³/mol. The molecule has 174 valence electrons. The molecular formula is C28H50O2. The summed E-state index contributed by atoms with van der Waals surface area (Å²) >= 11 is 0. The maximum Gasteiger partial charge on any atom is 0.0648 e. The molecule has 4 saturated carbocycles. The van der Waals surface area contributed by atoms with E-state index in [0.717, 1.165) is 55.3 Å². The molecule has 0 aliphatic heterocycles. The van der Waals surface area contributed by atoms with Gasteiger partial charge < -0.3 is 10.2 Å². The van der Waals surface area contributed by atoms with Crippen LogP contribution in [0, 0.1) is 45.8 Å². The van der Waals surface area contributed by atoms with E-state index in [4.69, 9.17) is 0 Å². The van der Waals surface area contributed by atoms with E-state index in [1.54, 1.807) is 0 Å². The van der Waals surface area contributed by atoms with Crippen LogP contribution in [0.3, 0.4) is 0 Å². The average molecular weight is 419 g/mol. The third kappa shape index (κ3) is 3.42. The van der Waals surface area contributed by atoms with Crippen molar-refractivity contribution in [3.63, 3.8) is 0 Å². The first-order chi connectivity index (χ1) is 14.0. The monoisotopic (exact) mass is 418 g/mol. The van der Waals surface area contributed by atoms with E-state index in [0.29, 0.717) is 16.2 Å². The molecule has 0 heterocycles. The molecule has 0 aromatic heterocycles. The fourth-order valence-corrected chi connectivity index (χ4v) is 10.0. The third-order valence-electron chi connectivity index (χ3n) is 11.9. The Labute approximate surface area is 186 Å². The van der Waals surface area contributed by atoms with Gasteiger partial charge in [-0.2, -0.15) is 0 Å². The first-order valence-electron chi connectivity index (χ1n) is 13.4. The van der Waals surface area contributed by atoms with E-state index in [9.17, 15) is 10.2 Å². The molecule has 0 radical (unpaired) electrons. The minimum absolute atomic E-state index is 0.158. The zero-order valence-electron chi connectivity index (χ0n) is 20.8. The third-order valence-corrected chi connectivity index (χ3v) is 11.9. The van der Waals surface area contributed by atoms with Crippen LogP contribution in [0.1, 0.15) is 119 Å². The highest BCUT2D eigenvalue weighted by Crippen LogP contribution is 2.73. The van der Waals surface area contributed by atoms with Crippen molar-refractivity contribution < 1.29 is 10.2 Å². The largest absolute Gasteiger partial charge is 0.393 e. The lowest BCUT2D eigenvalue weighted by molar-refractivity contribution is -0.190. The molecule has 10 atom stereocenters. The smallest absolute Gasteiger partial charge is 0.0648 e. The molecular weight excluding hydrogens is 368 g/mol. The minimum atomic E-state index is -0.390. The Balaban J connectivity index is 1.56. The van der Waals surface area contributed by atoms with Gasteiger partial charge in [0.25, 0.3) is 0 Å². The lowest BCUT2D eigenvalue weighted by Gasteiger charge is -2.67. The molecule has 2 N–H and O–H groups in total. The van der Waals surface area contributed by atoms with Gasteiger partial charge in [-0.3, -0.25) is 0 Å². The standard InChI is InChI=1S/C28H50O2/c1-7-28(30)17-16-25(4)21(18-28)12-14-27(6)23-11-10-22(19(2)8-9-20(3)29)26(23,5)15-13-24(25)27/h19-24,29-30H,7-18H2,1-6H3/t19-,20?,21+,22-,23-,24-,25+,26-,27+,28+/m1/s1. The number of fused-ring (bicyclic) bond motifs is 5. The molecule has 0 aromatic carbocycles. The van der Waals surface area contributed by atoms with E-state index in [2.05, 4.69) is 34.6 Å². The molecule has 0 bridgehead atoms. The van der Waals surface area contributed by atoms with E-state index in [1.165, 1.54) is 51.4 Å². The minimum Gasteiger partial charge on any atom is -0.393 e. The second kappa shape index (κ2) is 7.75. The van der Waals surface area contributed by atoms with E-state index < -0.39 is 5.60 Å². The highest BCUT2D eigenvalue weighted by Gasteiger charge is 2.65. The maximum atomic E-state index is 11.1. The van der Waals surface area contributed by atoms with Crippen LogP contribution in [-0.4, -0.2) is 21.9 Å². The van der Waals surface area contributed by atoms with Gasteiger partial charge in [0.2, 0.25) is 0 Å². The number of aliphatic hydroxyl groups is 2. The Bertz CT molecular complexity index is 630. The lowest BCUT2D eigenvalue weighted by atomic mass is 9.38. The number of rotatable bonds is 5. The fraction of sp³-hybridized carbons (Fsp3) is 1.00. The topological polar surface area (TPSA) is 40.5 Å². The summed E-state index contributed by atoms with van der Waals surface area (Å²) in [6.45, 7) is 14.6. The highest BCUT2D eigenvalue weighted by atomic mass is 16.3. The van der Waals surface area contributed by atoms with Crippen LogP contribution in [-0.2, 0) is 0 Å². The van der Waals surface area contributed by atoms with E-state index in [1.807, 2.05) is 6.92 Å². The summed E-state index contributed by atoms with van der Waals surface area (Å²) < 4.78 is 0. The Morgan fingerprint density at radius 3 is 2.13 bits per heavy atom. The number of aliphatic hydroxyl groups excluding tert-OH is 1. The van der Waals surface area contributed by atoms with Crippen LogP contribution in [0.5, 0.6) is 0 Å². The first-order valence-corrected chi connectivity index (χ1v) is 13.4. The molecule has 30 heavy (non-hydrogen) atoms.